The van der Waals surface area contributed by atoms with Crippen LogP contribution in [0.3, 0.4) is 0 Å². The van der Waals surface area contributed by atoms with Gasteiger partial charge in [-0.1, -0.05) is 25.5 Å². The third kappa shape index (κ3) is 4.41. The minimum absolute atomic E-state index is 0.265. The molecule has 0 aliphatic heterocycles. The first-order valence-corrected chi connectivity index (χ1v) is 6.78. The monoisotopic (exact) mass is 244 g/mol. The fraction of sp³-hybridized carbons (Fsp3) is 0.500. The van der Waals surface area contributed by atoms with Crippen molar-refractivity contribution in [1.82, 2.24) is 0 Å². The molecule has 0 radical (unpaired) electrons. The molecule has 2 nitrogen and oxygen atoms in total. The number of hydrogen-bond donors (Lipinski definition) is 0. The molecule has 0 aliphatic rings. The lowest BCUT2D eigenvalue weighted by Gasteiger charge is -2.04. The summed E-state index contributed by atoms with van der Waals surface area (Å²) >= 11 is 0. The highest BCUT2D eigenvalue weighted by molar-refractivity contribution is 7.85. The van der Waals surface area contributed by atoms with Crippen molar-refractivity contribution in [2.24, 2.45) is 0 Å². The van der Waals surface area contributed by atoms with Gasteiger partial charge in [0.15, 0.2) is 0 Å². The van der Waals surface area contributed by atoms with Crippen molar-refractivity contribution in [2.45, 2.75) is 24.7 Å². The predicted octanol–water partition coefficient (Wildman–Crippen LogP) is 2.75. The van der Waals surface area contributed by atoms with E-state index in [2.05, 4.69) is 6.92 Å². The van der Waals surface area contributed by atoms with Crippen LogP contribution in [-0.2, 0) is 15.5 Å². The molecule has 0 bridgehead atoms. The Balaban J connectivity index is 2.33. The van der Waals surface area contributed by atoms with Gasteiger partial charge in [-0.05, 0) is 18.6 Å². The summed E-state index contributed by atoms with van der Waals surface area (Å²) in [5, 5.41) is 0. The van der Waals surface area contributed by atoms with Crippen LogP contribution in [0.15, 0.2) is 29.2 Å². The Morgan fingerprint density at radius 3 is 2.75 bits per heavy atom. The normalized spacial score (nSPS) is 12.6. The number of halogens is 1. The Labute approximate surface area is 98.3 Å². The van der Waals surface area contributed by atoms with Crippen LogP contribution < -0.4 is 0 Å². The second-order valence-electron chi connectivity index (χ2n) is 3.45. The van der Waals surface area contributed by atoms with Crippen LogP contribution in [0.1, 0.15) is 19.8 Å². The summed E-state index contributed by atoms with van der Waals surface area (Å²) in [4.78, 5) is 0.265. The first kappa shape index (κ1) is 13.3. The van der Waals surface area contributed by atoms with Gasteiger partial charge >= 0.3 is 0 Å². The van der Waals surface area contributed by atoms with E-state index in [0.29, 0.717) is 19.0 Å². The summed E-state index contributed by atoms with van der Waals surface area (Å²) in [5.41, 5.74) is 0. The maximum atomic E-state index is 13.2. The van der Waals surface area contributed by atoms with Crippen LogP contribution in [0.25, 0.3) is 0 Å². The Morgan fingerprint density at radius 2 is 2.06 bits per heavy atom. The largest absolute Gasteiger partial charge is 0.380 e. The van der Waals surface area contributed by atoms with E-state index in [1.54, 1.807) is 18.2 Å². The minimum atomic E-state index is -1.30. The minimum Gasteiger partial charge on any atom is -0.380 e. The van der Waals surface area contributed by atoms with Crippen LogP contribution in [0.5, 0.6) is 0 Å². The zero-order valence-electron chi connectivity index (χ0n) is 9.45. The van der Waals surface area contributed by atoms with Crippen molar-refractivity contribution in [2.75, 3.05) is 19.0 Å². The molecule has 0 saturated carbocycles. The van der Waals surface area contributed by atoms with E-state index in [4.69, 9.17) is 4.74 Å². The topological polar surface area (TPSA) is 26.3 Å². The quantitative estimate of drug-likeness (QED) is 0.689. The van der Waals surface area contributed by atoms with Crippen LogP contribution in [0.4, 0.5) is 4.39 Å². The van der Waals surface area contributed by atoms with Crippen LogP contribution in [0.2, 0.25) is 0 Å². The molecular formula is C12H17FO2S. The summed E-state index contributed by atoms with van der Waals surface area (Å²) in [6.07, 6.45) is 2.09. The average Bonchev–Trinajstić information content (AvgIpc) is 2.29. The zero-order chi connectivity index (χ0) is 11.8. The fourth-order valence-electron chi connectivity index (χ4n) is 1.22. The highest BCUT2D eigenvalue weighted by Gasteiger charge is 2.08. The lowest BCUT2D eigenvalue weighted by atomic mass is 10.3. The van der Waals surface area contributed by atoms with Gasteiger partial charge in [0.25, 0.3) is 0 Å². The van der Waals surface area contributed by atoms with Crippen LogP contribution in [-0.4, -0.2) is 23.2 Å². The van der Waals surface area contributed by atoms with Crippen molar-refractivity contribution >= 4 is 10.8 Å². The summed E-state index contributed by atoms with van der Waals surface area (Å²) in [5.74, 6) is -0.0561. The molecule has 0 N–H and O–H groups in total. The van der Waals surface area contributed by atoms with Gasteiger partial charge < -0.3 is 4.74 Å². The number of benzene rings is 1. The summed E-state index contributed by atoms with van der Waals surface area (Å²) in [6, 6.07) is 6.16. The molecule has 4 heteroatoms. The third-order valence-electron chi connectivity index (χ3n) is 2.14. The Bertz CT molecular complexity index is 342. The molecule has 0 fully saturated rings. The second-order valence-corrected chi connectivity index (χ2v) is 4.99. The van der Waals surface area contributed by atoms with E-state index >= 15 is 0 Å². The molecule has 0 aliphatic carbocycles. The number of rotatable bonds is 7. The molecule has 1 unspecified atom stereocenters. The van der Waals surface area contributed by atoms with Gasteiger partial charge in [-0.3, -0.25) is 4.21 Å². The molecule has 0 saturated heterocycles. The van der Waals surface area contributed by atoms with Gasteiger partial charge in [-0.15, -0.1) is 0 Å². The molecule has 1 rings (SSSR count). The van der Waals surface area contributed by atoms with Crippen LogP contribution >= 0.6 is 0 Å². The van der Waals surface area contributed by atoms with E-state index in [1.165, 1.54) is 6.07 Å². The second kappa shape index (κ2) is 7.52. The van der Waals surface area contributed by atoms with E-state index in [9.17, 15) is 8.60 Å². The summed E-state index contributed by atoms with van der Waals surface area (Å²) in [7, 11) is -1.30. The van der Waals surface area contributed by atoms with Crippen molar-refractivity contribution in [3.05, 3.63) is 30.1 Å². The van der Waals surface area contributed by atoms with Crippen LogP contribution in [0, 0.1) is 5.82 Å². The Kier molecular flexibility index (Phi) is 6.26. The van der Waals surface area contributed by atoms with Gasteiger partial charge in [0.1, 0.15) is 5.82 Å². The SMILES string of the molecule is CCCCOCCS(=O)c1ccccc1F. The number of ether oxygens (including phenoxy) is 1. The Morgan fingerprint density at radius 1 is 1.31 bits per heavy atom. The fourth-order valence-corrected chi connectivity index (χ4v) is 2.23. The molecular weight excluding hydrogens is 227 g/mol. The predicted molar refractivity (Wildman–Crippen MR) is 63.4 cm³/mol. The summed E-state index contributed by atoms with van der Waals surface area (Å²) in [6.45, 7) is 3.19. The van der Waals surface area contributed by atoms with E-state index in [1.807, 2.05) is 0 Å². The molecule has 1 aromatic rings. The smallest absolute Gasteiger partial charge is 0.139 e. The molecule has 0 amide bonds. The molecule has 16 heavy (non-hydrogen) atoms. The van der Waals surface area contributed by atoms with E-state index in [-0.39, 0.29) is 4.90 Å². The molecule has 0 spiro atoms. The first-order chi connectivity index (χ1) is 7.75. The molecule has 90 valence electrons. The molecule has 0 aromatic heterocycles. The average molecular weight is 244 g/mol. The standard InChI is InChI=1S/C12H17FO2S/c1-2-3-8-15-9-10-16(14)12-7-5-4-6-11(12)13/h4-7H,2-3,8-10H2,1H3. The molecule has 1 atom stereocenters. The highest BCUT2D eigenvalue weighted by atomic mass is 32.2. The lowest BCUT2D eigenvalue weighted by Crippen LogP contribution is -2.08. The maximum absolute atomic E-state index is 13.2. The van der Waals surface area contributed by atoms with E-state index < -0.39 is 16.6 Å². The van der Waals surface area contributed by atoms with E-state index in [0.717, 1.165) is 12.8 Å². The number of hydrogen-bond acceptors (Lipinski definition) is 2. The maximum Gasteiger partial charge on any atom is 0.139 e. The van der Waals surface area contributed by atoms with Crippen molar-refractivity contribution in [1.29, 1.82) is 0 Å². The Hall–Kier alpha value is -0.740. The van der Waals surface area contributed by atoms with Gasteiger partial charge in [0.2, 0.25) is 0 Å². The lowest BCUT2D eigenvalue weighted by molar-refractivity contribution is 0.146. The van der Waals surface area contributed by atoms with Gasteiger partial charge in [-0.2, -0.15) is 0 Å². The summed E-state index contributed by atoms with van der Waals surface area (Å²) < 4.78 is 30.2. The van der Waals surface area contributed by atoms with Gasteiger partial charge in [0.05, 0.1) is 28.1 Å². The molecule has 1 aromatic carbocycles. The van der Waals surface area contributed by atoms with Crippen molar-refractivity contribution in [3.63, 3.8) is 0 Å². The van der Waals surface area contributed by atoms with Crippen molar-refractivity contribution in [3.8, 4) is 0 Å². The third-order valence-corrected chi connectivity index (χ3v) is 3.50. The number of unbranched alkanes of at least 4 members (excludes halogenated alkanes) is 1. The van der Waals surface area contributed by atoms with Gasteiger partial charge in [-0.25, -0.2) is 4.39 Å². The highest BCUT2D eigenvalue weighted by Crippen LogP contribution is 2.11. The van der Waals surface area contributed by atoms with Crippen molar-refractivity contribution < 1.29 is 13.3 Å². The zero-order valence-corrected chi connectivity index (χ0v) is 10.3. The van der Waals surface area contributed by atoms with Gasteiger partial charge in [0, 0.05) is 6.61 Å². The first-order valence-electron chi connectivity index (χ1n) is 5.46. The molecule has 0 heterocycles.